The molecule has 3 rings (SSSR count). The van der Waals surface area contributed by atoms with Gasteiger partial charge in [-0.15, -0.1) is 0 Å². The van der Waals surface area contributed by atoms with Crippen LogP contribution in [0.4, 0.5) is 0 Å². The van der Waals surface area contributed by atoms with Crippen molar-refractivity contribution in [2.45, 2.75) is 26.8 Å². The first-order chi connectivity index (χ1) is 14.7. The number of carbonyl (C=O) groups excluding carboxylic acids is 1. The highest BCUT2D eigenvalue weighted by Crippen LogP contribution is 2.31. The first kappa shape index (κ1) is 21.4. The van der Waals surface area contributed by atoms with E-state index in [9.17, 15) is 4.79 Å². The van der Waals surface area contributed by atoms with E-state index in [2.05, 4.69) is 24.3 Å². The van der Waals surface area contributed by atoms with Gasteiger partial charge in [0.15, 0.2) is 0 Å². The quantitative estimate of drug-likeness (QED) is 0.458. The second-order valence-corrected chi connectivity index (χ2v) is 6.87. The minimum absolute atomic E-state index is 0.0577. The van der Waals surface area contributed by atoms with Crippen molar-refractivity contribution in [2.75, 3.05) is 19.8 Å². The van der Waals surface area contributed by atoms with E-state index >= 15 is 0 Å². The minimum Gasteiger partial charge on any atom is -0.494 e. The average molecular weight is 404 g/mol. The van der Waals surface area contributed by atoms with E-state index in [1.807, 2.05) is 68.1 Å². The lowest BCUT2D eigenvalue weighted by atomic mass is 9.96. The van der Waals surface area contributed by atoms with Crippen LogP contribution in [0.5, 0.6) is 11.5 Å². The van der Waals surface area contributed by atoms with Crippen LogP contribution in [-0.2, 0) is 0 Å². The Bertz CT molecular complexity index is 877. The Morgan fingerprint density at radius 3 is 1.63 bits per heavy atom. The lowest BCUT2D eigenvalue weighted by molar-refractivity contribution is 0.0716. The van der Waals surface area contributed by atoms with Crippen LogP contribution in [0.25, 0.3) is 0 Å². The predicted octanol–water partition coefficient (Wildman–Crippen LogP) is 5.74. The van der Waals surface area contributed by atoms with Gasteiger partial charge in [-0.2, -0.15) is 0 Å². The van der Waals surface area contributed by atoms with Crippen molar-refractivity contribution in [1.29, 1.82) is 0 Å². The van der Waals surface area contributed by atoms with Crippen molar-refractivity contribution < 1.29 is 14.3 Å². The van der Waals surface area contributed by atoms with Crippen LogP contribution in [0.2, 0.25) is 0 Å². The predicted molar refractivity (Wildman–Crippen MR) is 120 cm³/mol. The Morgan fingerprint density at radius 1 is 0.767 bits per heavy atom. The number of carbonyl (C=O) groups is 1. The Morgan fingerprint density at radius 2 is 1.23 bits per heavy atom. The Hall–Kier alpha value is -3.27. The SMILES string of the molecule is CCOc1cc(OCC)cc(C(=O)N(CC)C(c2ccccc2)c2ccccc2)c1. The third kappa shape index (κ3) is 5.01. The van der Waals surface area contributed by atoms with Crippen LogP contribution >= 0.6 is 0 Å². The number of amides is 1. The maximum Gasteiger partial charge on any atom is 0.254 e. The molecule has 156 valence electrons. The molecule has 0 heterocycles. The van der Waals surface area contributed by atoms with E-state index in [-0.39, 0.29) is 11.9 Å². The molecule has 0 fully saturated rings. The molecule has 30 heavy (non-hydrogen) atoms. The van der Waals surface area contributed by atoms with Crippen LogP contribution in [0.3, 0.4) is 0 Å². The van der Waals surface area contributed by atoms with E-state index < -0.39 is 0 Å². The molecule has 0 aliphatic carbocycles. The first-order valence-corrected chi connectivity index (χ1v) is 10.5. The van der Waals surface area contributed by atoms with Gasteiger partial charge < -0.3 is 14.4 Å². The van der Waals surface area contributed by atoms with Gasteiger partial charge in [0, 0.05) is 18.2 Å². The summed E-state index contributed by atoms with van der Waals surface area (Å²) in [5, 5.41) is 0. The Labute approximate surface area is 179 Å². The number of hydrogen-bond acceptors (Lipinski definition) is 3. The molecule has 1 amide bonds. The highest BCUT2D eigenvalue weighted by molar-refractivity contribution is 5.95. The molecular formula is C26H29NO3. The summed E-state index contributed by atoms with van der Waals surface area (Å²) in [6.45, 7) is 7.47. The molecule has 0 aliphatic rings. The summed E-state index contributed by atoms with van der Waals surface area (Å²) in [5.41, 5.74) is 2.71. The lowest BCUT2D eigenvalue weighted by Crippen LogP contribution is -2.35. The fraction of sp³-hybridized carbons (Fsp3) is 0.269. The molecule has 0 radical (unpaired) electrons. The van der Waals surface area contributed by atoms with Gasteiger partial charge in [0.25, 0.3) is 5.91 Å². The zero-order valence-corrected chi connectivity index (χ0v) is 17.9. The van der Waals surface area contributed by atoms with E-state index in [0.29, 0.717) is 36.8 Å². The number of benzene rings is 3. The van der Waals surface area contributed by atoms with Crippen LogP contribution in [-0.4, -0.2) is 30.6 Å². The molecule has 0 unspecified atom stereocenters. The summed E-state index contributed by atoms with van der Waals surface area (Å²) in [6.07, 6.45) is 0. The molecular weight excluding hydrogens is 374 g/mol. The number of nitrogens with zero attached hydrogens (tertiary/aromatic N) is 1. The smallest absolute Gasteiger partial charge is 0.254 e. The molecule has 0 saturated carbocycles. The maximum absolute atomic E-state index is 13.7. The molecule has 0 saturated heterocycles. The molecule has 0 bridgehead atoms. The molecule has 0 aromatic heterocycles. The maximum atomic E-state index is 13.7. The third-order valence-corrected chi connectivity index (χ3v) is 4.89. The standard InChI is InChI=1S/C26H29NO3/c1-4-27(25(20-13-9-7-10-14-20)21-15-11-8-12-16-21)26(28)22-17-23(29-5-2)19-24(18-22)30-6-3/h7-19,25H,4-6H2,1-3H3. The van der Waals surface area contributed by atoms with Crippen LogP contribution in [0.15, 0.2) is 78.9 Å². The molecule has 4 heteroatoms. The largest absolute Gasteiger partial charge is 0.494 e. The lowest BCUT2D eigenvalue weighted by Gasteiger charge is -2.32. The highest BCUT2D eigenvalue weighted by atomic mass is 16.5. The van der Waals surface area contributed by atoms with E-state index in [4.69, 9.17) is 9.47 Å². The monoisotopic (exact) mass is 403 g/mol. The van der Waals surface area contributed by atoms with Gasteiger partial charge in [-0.25, -0.2) is 0 Å². The average Bonchev–Trinajstić information content (AvgIpc) is 2.78. The van der Waals surface area contributed by atoms with Crippen molar-refractivity contribution in [2.24, 2.45) is 0 Å². The van der Waals surface area contributed by atoms with Crippen LogP contribution in [0, 0.1) is 0 Å². The summed E-state index contributed by atoms with van der Waals surface area (Å²) in [7, 11) is 0. The van der Waals surface area contributed by atoms with Gasteiger partial charge in [0.05, 0.1) is 19.3 Å². The molecule has 3 aromatic rings. The topological polar surface area (TPSA) is 38.8 Å². The fourth-order valence-electron chi connectivity index (χ4n) is 3.63. The molecule has 0 N–H and O–H groups in total. The summed E-state index contributed by atoms with van der Waals surface area (Å²) in [6, 6.07) is 25.5. The van der Waals surface area contributed by atoms with Gasteiger partial charge in [0.2, 0.25) is 0 Å². The van der Waals surface area contributed by atoms with Crippen molar-refractivity contribution in [3.05, 3.63) is 95.6 Å². The summed E-state index contributed by atoms with van der Waals surface area (Å²) in [5.74, 6) is 1.22. The first-order valence-electron chi connectivity index (χ1n) is 10.5. The molecule has 0 spiro atoms. The molecule has 0 aliphatic heterocycles. The van der Waals surface area contributed by atoms with Gasteiger partial charge in [-0.1, -0.05) is 60.7 Å². The zero-order valence-electron chi connectivity index (χ0n) is 17.9. The summed E-state index contributed by atoms with van der Waals surface area (Å²) < 4.78 is 11.4. The third-order valence-electron chi connectivity index (χ3n) is 4.89. The zero-order chi connectivity index (χ0) is 21.3. The van der Waals surface area contributed by atoms with E-state index in [0.717, 1.165) is 11.1 Å². The van der Waals surface area contributed by atoms with Gasteiger partial charge in [0.1, 0.15) is 11.5 Å². The fourth-order valence-corrected chi connectivity index (χ4v) is 3.63. The van der Waals surface area contributed by atoms with Crippen LogP contribution < -0.4 is 9.47 Å². The molecule has 4 nitrogen and oxygen atoms in total. The van der Waals surface area contributed by atoms with Gasteiger partial charge in [-0.05, 0) is 44.0 Å². The molecule has 0 atom stereocenters. The highest BCUT2D eigenvalue weighted by Gasteiger charge is 2.27. The van der Waals surface area contributed by atoms with E-state index in [1.165, 1.54) is 0 Å². The Balaban J connectivity index is 2.05. The molecule has 3 aromatic carbocycles. The van der Waals surface area contributed by atoms with Crippen molar-refractivity contribution in [3.63, 3.8) is 0 Å². The van der Waals surface area contributed by atoms with Gasteiger partial charge in [-0.3, -0.25) is 4.79 Å². The normalized spacial score (nSPS) is 10.7. The second kappa shape index (κ2) is 10.5. The van der Waals surface area contributed by atoms with E-state index in [1.54, 1.807) is 12.1 Å². The Kier molecular flexibility index (Phi) is 7.50. The minimum atomic E-state index is -0.184. The van der Waals surface area contributed by atoms with Crippen molar-refractivity contribution >= 4 is 5.91 Å². The van der Waals surface area contributed by atoms with Crippen molar-refractivity contribution in [3.8, 4) is 11.5 Å². The van der Waals surface area contributed by atoms with Crippen molar-refractivity contribution in [1.82, 2.24) is 4.90 Å². The number of ether oxygens (including phenoxy) is 2. The summed E-state index contributed by atoms with van der Waals surface area (Å²) in [4.78, 5) is 15.6. The summed E-state index contributed by atoms with van der Waals surface area (Å²) >= 11 is 0. The van der Waals surface area contributed by atoms with Gasteiger partial charge >= 0.3 is 0 Å². The number of hydrogen-bond donors (Lipinski definition) is 0. The second-order valence-electron chi connectivity index (χ2n) is 6.87. The van der Waals surface area contributed by atoms with Crippen LogP contribution in [0.1, 0.15) is 48.3 Å². The number of rotatable bonds is 9.